The van der Waals surface area contributed by atoms with E-state index in [0.29, 0.717) is 6.61 Å². The Morgan fingerprint density at radius 2 is 1.95 bits per heavy atom. The summed E-state index contributed by atoms with van der Waals surface area (Å²) in [6.07, 6.45) is 1.05. The van der Waals surface area contributed by atoms with Gasteiger partial charge in [-0.1, -0.05) is 20.8 Å². The van der Waals surface area contributed by atoms with Crippen LogP contribution in [0.3, 0.4) is 0 Å². The Kier molecular flexibility index (Phi) is 3.76. The Hall–Kier alpha value is -0.870. The fourth-order valence-electron chi connectivity index (χ4n) is 2.88. The molecule has 1 aliphatic heterocycles. The fourth-order valence-corrected chi connectivity index (χ4v) is 2.88. The number of methoxy groups -OCH3 is 1. The second-order valence-electron chi connectivity index (χ2n) is 7.09. The van der Waals surface area contributed by atoms with Crippen molar-refractivity contribution < 1.29 is 4.74 Å². The van der Waals surface area contributed by atoms with Gasteiger partial charge in [-0.3, -0.25) is 0 Å². The molecule has 2 rings (SSSR count). The summed E-state index contributed by atoms with van der Waals surface area (Å²) in [4.78, 5) is 4.92. The molecule has 0 unspecified atom stereocenters. The van der Waals surface area contributed by atoms with Crippen molar-refractivity contribution in [2.24, 2.45) is 0 Å². The van der Waals surface area contributed by atoms with Crippen LogP contribution in [0.25, 0.3) is 0 Å². The summed E-state index contributed by atoms with van der Waals surface area (Å²) in [5.74, 6) is 1.17. The highest BCUT2D eigenvalue weighted by Gasteiger charge is 2.34. The van der Waals surface area contributed by atoms with Gasteiger partial charge in [-0.2, -0.15) is 0 Å². The first-order valence-electron chi connectivity index (χ1n) is 7.08. The molecular formula is C15H27N3O. The molecule has 0 radical (unpaired) electrons. The van der Waals surface area contributed by atoms with E-state index in [9.17, 15) is 0 Å². The standard InChI is InChI=1S/C15H27N3O/c1-14(2,3)13-17-11-9-16-8-7-12(11)18(13)15(4,5)10-19-6/h16H,7-10H2,1-6H3. The first kappa shape index (κ1) is 14.5. The van der Waals surface area contributed by atoms with Crippen LogP contribution in [0.2, 0.25) is 0 Å². The molecule has 1 aromatic rings. The van der Waals surface area contributed by atoms with Crippen LogP contribution >= 0.6 is 0 Å². The lowest BCUT2D eigenvalue weighted by molar-refractivity contribution is 0.103. The lowest BCUT2D eigenvalue weighted by atomic mass is 9.93. The van der Waals surface area contributed by atoms with Gasteiger partial charge in [0.1, 0.15) is 5.82 Å². The van der Waals surface area contributed by atoms with Gasteiger partial charge in [-0.15, -0.1) is 0 Å². The van der Waals surface area contributed by atoms with E-state index in [2.05, 4.69) is 44.5 Å². The summed E-state index contributed by atoms with van der Waals surface area (Å²) in [5.41, 5.74) is 2.57. The molecule has 0 aliphatic carbocycles. The maximum Gasteiger partial charge on any atom is 0.115 e. The third kappa shape index (κ3) is 2.70. The van der Waals surface area contributed by atoms with Crippen LogP contribution in [-0.2, 0) is 28.7 Å². The Labute approximate surface area is 116 Å². The van der Waals surface area contributed by atoms with Gasteiger partial charge in [-0.25, -0.2) is 4.98 Å². The Balaban J connectivity index is 2.58. The second kappa shape index (κ2) is 4.91. The average molecular weight is 265 g/mol. The van der Waals surface area contributed by atoms with E-state index in [0.717, 1.165) is 19.5 Å². The first-order valence-corrected chi connectivity index (χ1v) is 7.08. The molecule has 1 aliphatic rings. The van der Waals surface area contributed by atoms with Gasteiger partial charge in [0.25, 0.3) is 0 Å². The smallest absolute Gasteiger partial charge is 0.115 e. The minimum atomic E-state index is -0.0602. The molecule has 1 aromatic heterocycles. The SMILES string of the molecule is COCC(C)(C)n1c(C(C)(C)C)nc2c1CCNC2. The number of nitrogens with one attached hydrogen (secondary N) is 1. The van der Waals surface area contributed by atoms with E-state index in [1.165, 1.54) is 17.2 Å². The number of hydrogen-bond acceptors (Lipinski definition) is 3. The molecular weight excluding hydrogens is 238 g/mol. The number of imidazole rings is 1. The summed E-state index contributed by atoms with van der Waals surface area (Å²) in [6.45, 7) is 13.8. The summed E-state index contributed by atoms with van der Waals surface area (Å²) < 4.78 is 7.85. The van der Waals surface area contributed by atoms with E-state index < -0.39 is 0 Å². The van der Waals surface area contributed by atoms with Crippen molar-refractivity contribution in [3.8, 4) is 0 Å². The summed E-state index contributed by atoms with van der Waals surface area (Å²) in [7, 11) is 1.77. The lowest BCUT2D eigenvalue weighted by Crippen LogP contribution is -2.38. The van der Waals surface area contributed by atoms with Crippen LogP contribution in [0.5, 0.6) is 0 Å². The van der Waals surface area contributed by atoms with E-state index in [1.54, 1.807) is 7.11 Å². The second-order valence-corrected chi connectivity index (χ2v) is 7.09. The molecule has 0 bridgehead atoms. The maximum atomic E-state index is 5.42. The van der Waals surface area contributed by atoms with Gasteiger partial charge < -0.3 is 14.6 Å². The van der Waals surface area contributed by atoms with Gasteiger partial charge >= 0.3 is 0 Å². The van der Waals surface area contributed by atoms with Crippen LogP contribution in [0.15, 0.2) is 0 Å². The van der Waals surface area contributed by atoms with Crippen LogP contribution < -0.4 is 5.32 Å². The van der Waals surface area contributed by atoms with Crippen molar-refractivity contribution >= 4 is 0 Å². The zero-order valence-corrected chi connectivity index (χ0v) is 13.1. The highest BCUT2D eigenvalue weighted by molar-refractivity contribution is 5.25. The Morgan fingerprint density at radius 3 is 2.53 bits per heavy atom. The van der Waals surface area contributed by atoms with Gasteiger partial charge in [0.05, 0.1) is 17.8 Å². The third-order valence-electron chi connectivity index (χ3n) is 3.66. The topological polar surface area (TPSA) is 39.1 Å². The molecule has 4 nitrogen and oxygen atoms in total. The molecule has 0 aromatic carbocycles. The van der Waals surface area contributed by atoms with E-state index >= 15 is 0 Å². The lowest BCUT2D eigenvalue weighted by Gasteiger charge is -2.34. The summed E-state index contributed by atoms with van der Waals surface area (Å²) in [5, 5.41) is 3.41. The molecule has 0 atom stereocenters. The number of hydrogen-bond donors (Lipinski definition) is 1. The molecule has 0 saturated heterocycles. The number of aromatic nitrogens is 2. The normalized spacial score (nSPS) is 16.5. The molecule has 2 heterocycles. The van der Waals surface area contributed by atoms with Gasteiger partial charge in [0, 0.05) is 37.7 Å². The average Bonchev–Trinajstić information content (AvgIpc) is 2.68. The Bertz CT molecular complexity index is 455. The quantitative estimate of drug-likeness (QED) is 0.910. The predicted octanol–water partition coefficient (Wildman–Crippen LogP) is 2.21. The van der Waals surface area contributed by atoms with Gasteiger partial charge in [0.2, 0.25) is 0 Å². The van der Waals surface area contributed by atoms with Crippen molar-refractivity contribution in [2.45, 2.75) is 58.5 Å². The van der Waals surface area contributed by atoms with E-state index in [1.807, 2.05) is 0 Å². The Morgan fingerprint density at radius 1 is 1.26 bits per heavy atom. The highest BCUT2D eigenvalue weighted by atomic mass is 16.5. The van der Waals surface area contributed by atoms with Gasteiger partial charge in [-0.05, 0) is 13.8 Å². The number of rotatable bonds is 3. The van der Waals surface area contributed by atoms with Crippen LogP contribution in [0, 0.1) is 0 Å². The van der Waals surface area contributed by atoms with Crippen molar-refractivity contribution in [1.29, 1.82) is 0 Å². The number of ether oxygens (including phenoxy) is 1. The molecule has 19 heavy (non-hydrogen) atoms. The highest BCUT2D eigenvalue weighted by Crippen LogP contribution is 2.32. The molecule has 1 N–H and O–H groups in total. The predicted molar refractivity (Wildman–Crippen MR) is 77.5 cm³/mol. The molecule has 0 saturated carbocycles. The number of nitrogens with zero attached hydrogens (tertiary/aromatic N) is 2. The maximum absolute atomic E-state index is 5.42. The molecule has 0 spiro atoms. The molecule has 0 fully saturated rings. The number of fused-ring (bicyclic) bond motifs is 1. The molecule has 0 amide bonds. The zero-order chi connectivity index (χ0) is 14.3. The minimum absolute atomic E-state index is 0.0440. The van der Waals surface area contributed by atoms with Crippen molar-refractivity contribution in [2.75, 3.05) is 20.3 Å². The third-order valence-corrected chi connectivity index (χ3v) is 3.66. The van der Waals surface area contributed by atoms with E-state index in [4.69, 9.17) is 9.72 Å². The van der Waals surface area contributed by atoms with Crippen molar-refractivity contribution in [3.63, 3.8) is 0 Å². The zero-order valence-electron chi connectivity index (χ0n) is 13.1. The molecule has 108 valence electrons. The van der Waals surface area contributed by atoms with E-state index in [-0.39, 0.29) is 11.0 Å². The minimum Gasteiger partial charge on any atom is -0.382 e. The van der Waals surface area contributed by atoms with Crippen LogP contribution in [0.4, 0.5) is 0 Å². The fraction of sp³-hybridized carbons (Fsp3) is 0.800. The summed E-state index contributed by atoms with van der Waals surface area (Å²) >= 11 is 0. The monoisotopic (exact) mass is 265 g/mol. The van der Waals surface area contributed by atoms with Crippen molar-refractivity contribution in [1.82, 2.24) is 14.9 Å². The first-order chi connectivity index (χ1) is 8.77. The van der Waals surface area contributed by atoms with Crippen LogP contribution in [0.1, 0.15) is 51.8 Å². The van der Waals surface area contributed by atoms with Crippen LogP contribution in [-0.4, -0.2) is 29.8 Å². The molecule has 4 heteroatoms. The van der Waals surface area contributed by atoms with Crippen molar-refractivity contribution in [3.05, 3.63) is 17.2 Å². The largest absolute Gasteiger partial charge is 0.382 e. The summed E-state index contributed by atoms with van der Waals surface area (Å²) in [6, 6.07) is 0. The van der Waals surface area contributed by atoms with Gasteiger partial charge in [0.15, 0.2) is 0 Å².